The topological polar surface area (TPSA) is 44.4 Å². The van der Waals surface area contributed by atoms with Crippen molar-refractivity contribution in [1.29, 1.82) is 0 Å². The van der Waals surface area contributed by atoms with Gasteiger partial charge >= 0.3 is 0 Å². The summed E-state index contributed by atoms with van der Waals surface area (Å²) in [4.78, 5) is 14.6. The molecule has 0 radical (unpaired) electrons. The van der Waals surface area contributed by atoms with Gasteiger partial charge in [-0.2, -0.15) is 0 Å². The van der Waals surface area contributed by atoms with Gasteiger partial charge in [-0.15, -0.1) is 0 Å². The molecule has 1 aliphatic rings. The molecule has 0 aromatic heterocycles. The number of hydrogen-bond acceptors (Lipinski definition) is 3. The predicted molar refractivity (Wildman–Crippen MR) is 87.5 cm³/mol. The van der Waals surface area contributed by atoms with E-state index < -0.39 is 0 Å². The molecule has 1 aromatic rings. The molecule has 0 saturated carbocycles. The predicted octanol–water partition coefficient (Wildman–Crippen LogP) is 2.25. The molecule has 116 valence electrons. The zero-order chi connectivity index (χ0) is 15.2. The third-order valence-electron chi connectivity index (χ3n) is 4.24. The number of rotatable bonds is 6. The van der Waals surface area contributed by atoms with E-state index in [1.165, 1.54) is 18.5 Å². The van der Waals surface area contributed by atoms with Crippen LogP contribution in [0.1, 0.15) is 25.8 Å². The third kappa shape index (κ3) is 4.83. The van der Waals surface area contributed by atoms with Crippen LogP contribution in [0.5, 0.6) is 0 Å². The van der Waals surface area contributed by atoms with E-state index in [4.69, 9.17) is 0 Å². The van der Waals surface area contributed by atoms with Crippen LogP contribution in [-0.2, 0) is 4.79 Å². The summed E-state index contributed by atoms with van der Waals surface area (Å²) in [5, 5.41) is 6.31. The van der Waals surface area contributed by atoms with Crippen LogP contribution in [-0.4, -0.2) is 43.0 Å². The van der Waals surface area contributed by atoms with Crippen molar-refractivity contribution in [3.8, 4) is 0 Å². The third-order valence-corrected chi connectivity index (χ3v) is 4.24. The van der Waals surface area contributed by atoms with E-state index in [-0.39, 0.29) is 11.9 Å². The fourth-order valence-electron chi connectivity index (χ4n) is 2.69. The molecule has 1 aromatic carbocycles. The van der Waals surface area contributed by atoms with E-state index >= 15 is 0 Å². The summed E-state index contributed by atoms with van der Waals surface area (Å²) in [7, 11) is 0. The van der Waals surface area contributed by atoms with Crippen LogP contribution in [0.25, 0.3) is 0 Å². The van der Waals surface area contributed by atoms with E-state index in [2.05, 4.69) is 22.5 Å². The lowest BCUT2D eigenvalue weighted by Crippen LogP contribution is -2.40. The monoisotopic (exact) mass is 289 g/mol. The lowest BCUT2D eigenvalue weighted by atomic mass is 10.1. The molecule has 1 amide bonds. The maximum atomic E-state index is 12.1. The number of hydrogen-bond donors (Lipinski definition) is 2. The van der Waals surface area contributed by atoms with E-state index in [1.807, 2.05) is 38.1 Å². The first-order valence-electron chi connectivity index (χ1n) is 7.91. The van der Waals surface area contributed by atoms with Gasteiger partial charge in [-0.05, 0) is 58.0 Å². The van der Waals surface area contributed by atoms with Gasteiger partial charge in [-0.3, -0.25) is 4.79 Å². The van der Waals surface area contributed by atoms with E-state index in [9.17, 15) is 4.79 Å². The summed E-state index contributed by atoms with van der Waals surface area (Å²) in [5.74, 6) is 0.698. The van der Waals surface area contributed by atoms with Gasteiger partial charge in [0.2, 0.25) is 5.91 Å². The van der Waals surface area contributed by atoms with Crippen molar-refractivity contribution in [2.45, 2.75) is 33.2 Å². The normalized spacial score (nSPS) is 20.4. The molecule has 4 heteroatoms. The molecule has 0 spiro atoms. The van der Waals surface area contributed by atoms with Gasteiger partial charge in [0.05, 0.1) is 6.04 Å². The molecule has 1 fully saturated rings. The number of nitrogens with one attached hydrogen (secondary N) is 2. The van der Waals surface area contributed by atoms with Crippen molar-refractivity contribution < 1.29 is 4.79 Å². The number of aryl methyl sites for hydroxylation is 1. The van der Waals surface area contributed by atoms with Gasteiger partial charge in [0.15, 0.2) is 0 Å². The summed E-state index contributed by atoms with van der Waals surface area (Å²) < 4.78 is 0. The van der Waals surface area contributed by atoms with Gasteiger partial charge < -0.3 is 15.5 Å². The number of nitrogens with zero attached hydrogens (tertiary/aromatic N) is 1. The molecular weight excluding hydrogens is 262 g/mol. The molecule has 2 unspecified atom stereocenters. The van der Waals surface area contributed by atoms with Crippen LogP contribution < -0.4 is 10.6 Å². The number of likely N-dealkylation sites (tertiary alicyclic amines) is 1. The van der Waals surface area contributed by atoms with Crippen LogP contribution in [0, 0.1) is 12.8 Å². The smallest absolute Gasteiger partial charge is 0.241 e. The summed E-state index contributed by atoms with van der Waals surface area (Å²) in [6, 6.07) is 7.73. The highest BCUT2D eigenvalue weighted by Gasteiger charge is 2.22. The quantitative estimate of drug-likeness (QED) is 0.844. The Balaban J connectivity index is 1.74. The molecule has 2 rings (SSSR count). The second-order valence-electron chi connectivity index (χ2n) is 6.03. The molecule has 2 atom stereocenters. The van der Waals surface area contributed by atoms with Gasteiger partial charge in [-0.1, -0.05) is 24.6 Å². The largest absolute Gasteiger partial charge is 0.325 e. The highest BCUT2D eigenvalue weighted by atomic mass is 16.2. The first kappa shape index (κ1) is 16.0. The molecule has 2 N–H and O–H groups in total. The number of amides is 1. The summed E-state index contributed by atoms with van der Waals surface area (Å²) in [5.41, 5.74) is 2.05. The molecule has 4 nitrogen and oxygen atoms in total. The maximum absolute atomic E-state index is 12.1. The molecule has 1 saturated heterocycles. The molecule has 1 heterocycles. The fraction of sp³-hybridized carbons (Fsp3) is 0.588. The molecule has 0 aliphatic carbocycles. The van der Waals surface area contributed by atoms with Gasteiger partial charge in [-0.25, -0.2) is 0 Å². The fourth-order valence-corrected chi connectivity index (χ4v) is 2.69. The average molecular weight is 289 g/mol. The maximum Gasteiger partial charge on any atom is 0.241 e. The van der Waals surface area contributed by atoms with Crippen LogP contribution >= 0.6 is 0 Å². The Labute approximate surface area is 127 Å². The summed E-state index contributed by atoms with van der Waals surface area (Å²) >= 11 is 0. The Bertz CT molecular complexity index is 458. The second-order valence-corrected chi connectivity index (χ2v) is 6.03. The van der Waals surface area contributed by atoms with Crippen molar-refractivity contribution in [1.82, 2.24) is 10.2 Å². The second kappa shape index (κ2) is 7.57. The summed E-state index contributed by atoms with van der Waals surface area (Å²) in [6.45, 7) is 10.5. The van der Waals surface area contributed by atoms with Crippen LogP contribution in [0.2, 0.25) is 0 Å². The Morgan fingerprint density at radius 3 is 2.71 bits per heavy atom. The van der Waals surface area contributed by atoms with E-state index in [1.54, 1.807) is 0 Å². The summed E-state index contributed by atoms with van der Waals surface area (Å²) in [6.07, 6.45) is 1.23. The van der Waals surface area contributed by atoms with E-state index in [0.29, 0.717) is 5.92 Å². The molecule has 1 aliphatic heterocycles. The van der Waals surface area contributed by atoms with Crippen molar-refractivity contribution in [2.24, 2.45) is 5.92 Å². The highest BCUT2D eigenvalue weighted by Crippen LogP contribution is 2.15. The Kier molecular flexibility index (Phi) is 5.76. The minimum atomic E-state index is -0.165. The van der Waals surface area contributed by atoms with Crippen molar-refractivity contribution in [3.63, 3.8) is 0 Å². The van der Waals surface area contributed by atoms with E-state index in [0.717, 1.165) is 25.3 Å². The van der Waals surface area contributed by atoms with Crippen LogP contribution in [0.4, 0.5) is 5.69 Å². The van der Waals surface area contributed by atoms with Gasteiger partial charge in [0, 0.05) is 12.2 Å². The Morgan fingerprint density at radius 1 is 1.38 bits per heavy atom. The molecule has 0 bridgehead atoms. The SMILES string of the molecule is CCN1CCC(CNC(C)C(=O)Nc2ccc(C)cc2)C1. The first-order chi connectivity index (χ1) is 10.1. The minimum absolute atomic E-state index is 0.0317. The standard InChI is InChI=1S/C17H27N3O/c1-4-20-10-9-15(12-20)11-18-14(3)17(21)19-16-7-5-13(2)6-8-16/h5-8,14-15,18H,4,9-12H2,1-3H3,(H,19,21). The van der Waals surface area contributed by atoms with Crippen molar-refractivity contribution in [3.05, 3.63) is 29.8 Å². The minimum Gasteiger partial charge on any atom is -0.325 e. The van der Waals surface area contributed by atoms with Gasteiger partial charge in [0.25, 0.3) is 0 Å². The zero-order valence-electron chi connectivity index (χ0n) is 13.4. The average Bonchev–Trinajstić information content (AvgIpc) is 2.95. The number of carbonyl (C=O) groups excluding carboxylic acids is 1. The number of carbonyl (C=O) groups is 1. The highest BCUT2D eigenvalue weighted by molar-refractivity contribution is 5.94. The molecule has 21 heavy (non-hydrogen) atoms. The van der Waals surface area contributed by atoms with Crippen molar-refractivity contribution in [2.75, 3.05) is 31.5 Å². The number of anilines is 1. The zero-order valence-corrected chi connectivity index (χ0v) is 13.4. The van der Waals surface area contributed by atoms with Gasteiger partial charge in [0.1, 0.15) is 0 Å². The van der Waals surface area contributed by atoms with Crippen LogP contribution in [0.15, 0.2) is 24.3 Å². The Hall–Kier alpha value is -1.39. The molecular formula is C17H27N3O. The Morgan fingerprint density at radius 2 is 2.10 bits per heavy atom. The van der Waals surface area contributed by atoms with Crippen molar-refractivity contribution >= 4 is 11.6 Å². The lowest BCUT2D eigenvalue weighted by molar-refractivity contribution is -0.117. The lowest BCUT2D eigenvalue weighted by Gasteiger charge is -2.18. The van der Waals surface area contributed by atoms with Crippen LogP contribution in [0.3, 0.4) is 0 Å². The number of benzene rings is 1. The first-order valence-corrected chi connectivity index (χ1v) is 7.91.